The van der Waals surface area contributed by atoms with Crippen molar-refractivity contribution in [3.8, 4) is 22.4 Å². The summed E-state index contributed by atoms with van der Waals surface area (Å²) >= 11 is 0. The Morgan fingerprint density at radius 1 is 0.677 bits per heavy atom. The summed E-state index contributed by atoms with van der Waals surface area (Å²) < 4.78 is 48.8. The maximum Gasteiger partial charge on any atom is 0.132 e. The topological polar surface area (TPSA) is 99.3 Å². The molecule has 2 aliphatic rings. The highest BCUT2D eigenvalue weighted by atomic mass is 19.1. The Labute approximate surface area is 358 Å². The molecule has 0 amide bonds. The van der Waals surface area contributed by atoms with E-state index in [1.807, 2.05) is 90.0 Å². The number of hydrogen-bond donors (Lipinski definition) is 0. The van der Waals surface area contributed by atoms with Gasteiger partial charge in [0.25, 0.3) is 0 Å². The summed E-state index contributed by atoms with van der Waals surface area (Å²) in [4.78, 5) is 18.9. The summed E-state index contributed by atoms with van der Waals surface area (Å²) in [6.07, 6.45) is 9.03. The molecule has 0 N–H and O–H groups in total. The highest BCUT2D eigenvalue weighted by Gasteiger charge is 2.32. The molecule has 0 radical (unpaired) electrons. The van der Waals surface area contributed by atoms with Crippen molar-refractivity contribution in [3.63, 3.8) is 0 Å². The molecule has 0 bridgehead atoms. The van der Waals surface area contributed by atoms with Crippen molar-refractivity contribution in [2.45, 2.75) is 45.5 Å². The van der Waals surface area contributed by atoms with Crippen LogP contribution in [-0.2, 0) is 30.0 Å². The standard InChI is InChI=1S/C49H47F2N9O2/c1-29-6-9-33-18-48(56-49(40(33)14-29)39-10-7-30(2)15-43(39)50)60-26-37(62-47(28-60)35-22-54-58(5)25-35)16-32-8-11-38(44(51)17-32)41-19-36(20-45-42(41)23-52-31(3)55-45)59-12-13-61-46(27-59)34-21-53-57(4)24-34/h6-11,14-15,17-25,37,46-47H,12-13,16,26-28H2,1-5H3/t37?,46?,47-/m0/s1. The van der Waals surface area contributed by atoms with Crippen LogP contribution in [0.5, 0.6) is 0 Å². The Morgan fingerprint density at radius 2 is 1.40 bits per heavy atom. The number of pyridine rings is 1. The molecular formula is C49H47F2N9O2. The number of aryl methyl sites for hydroxylation is 5. The third kappa shape index (κ3) is 7.78. The fourth-order valence-electron chi connectivity index (χ4n) is 8.93. The lowest BCUT2D eigenvalue weighted by Crippen LogP contribution is -2.45. The molecule has 62 heavy (non-hydrogen) atoms. The second-order valence-corrected chi connectivity index (χ2v) is 16.8. The smallest absolute Gasteiger partial charge is 0.132 e. The SMILES string of the molecule is Cc1ccc(-c2nc(N3CC(Cc4ccc(-c5cc(N6CCOC(c7cnn(C)c7)C6)cc6nc(C)ncc56)c(F)c4)O[C@H](c4cnn(C)c4)C3)cc3ccc(C)cc23)c(F)c1. The van der Waals surface area contributed by atoms with Gasteiger partial charge in [-0.25, -0.2) is 23.7 Å². The minimum absolute atomic E-state index is 0.144. The van der Waals surface area contributed by atoms with E-state index >= 15 is 8.78 Å². The molecular weight excluding hydrogens is 785 g/mol. The van der Waals surface area contributed by atoms with Crippen LogP contribution in [0.2, 0.25) is 0 Å². The van der Waals surface area contributed by atoms with E-state index in [0.29, 0.717) is 61.9 Å². The third-order valence-corrected chi connectivity index (χ3v) is 12.1. The zero-order valence-corrected chi connectivity index (χ0v) is 35.4. The van der Waals surface area contributed by atoms with Crippen LogP contribution < -0.4 is 9.80 Å². The highest BCUT2D eigenvalue weighted by molar-refractivity contribution is 5.98. The van der Waals surface area contributed by atoms with Gasteiger partial charge in [0.15, 0.2) is 0 Å². The number of fused-ring (bicyclic) bond motifs is 2. The Kier molecular flexibility index (Phi) is 10.2. The first-order valence-corrected chi connectivity index (χ1v) is 21.0. The van der Waals surface area contributed by atoms with Gasteiger partial charge in [0.05, 0.1) is 42.9 Å². The number of aromatic nitrogens is 7. The summed E-state index contributed by atoms with van der Waals surface area (Å²) in [6.45, 7) is 8.62. The van der Waals surface area contributed by atoms with E-state index in [2.05, 4.69) is 55.3 Å². The normalized spacial score (nSPS) is 18.3. The average molecular weight is 832 g/mol. The number of rotatable bonds is 8. The molecule has 11 nitrogen and oxygen atoms in total. The zero-order valence-electron chi connectivity index (χ0n) is 35.4. The summed E-state index contributed by atoms with van der Waals surface area (Å²) in [5.41, 5.74) is 8.59. The van der Waals surface area contributed by atoms with E-state index in [1.165, 1.54) is 0 Å². The molecule has 13 heteroatoms. The lowest BCUT2D eigenvalue weighted by Gasteiger charge is -2.39. The van der Waals surface area contributed by atoms with Gasteiger partial charge >= 0.3 is 0 Å². The van der Waals surface area contributed by atoms with Crippen molar-refractivity contribution < 1.29 is 18.3 Å². The molecule has 2 unspecified atom stereocenters. The summed E-state index contributed by atoms with van der Waals surface area (Å²) in [6, 6.07) is 23.1. The molecule has 0 saturated carbocycles. The van der Waals surface area contributed by atoms with E-state index in [-0.39, 0.29) is 29.9 Å². The first-order valence-electron chi connectivity index (χ1n) is 21.0. The Balaban J connectivity index is 0.975. The van der Waals surface area contributed by atoms with Crippen LogP contribution in [0.3, 0.4) is 0 Å². The summed E-state index contributed by atoms with van der Waals surface area (Å²) in [7, 11) is 3.78. The quantitative estimate of drug-likeness (QED) is 0.149. The van der Waals surface area contributed by atoms with Gasteiger partial charge in [-0.15, -0.1) is 0 Å². The lowest BCUT2D eigenvalue weighted by molar-refractivity contribution is -0.0271. The second-order valence-electron chi connectivity index (χ2n) is 16.8. The van der Waals surface area contributed by atoms with Crippen LogP contribution in [0.4, 0.5) is 20.3 Å². The number of ether oxygens (including phenoxy) is 2. The van der Waals surface area contributed by atoms with Crippen molar-refractivity contribution in [1.29, 1.82) is 0 Å². The van der Waals surface area contributed by atoms with Crippen molar-refractivity contribution in [2.75, 3.05) is 42.6 Å². The third-order valence-electron chi connectivity index (χ3n) is 12.1. The molecule has 8 aromatic rings. The van der Waals surface area contributed by atoms with E-state index in [1.54, 1.807) is 27.7 Å². The van der Waals surface area contributed by atoms with Crippen molar-refractivity contribution >= 4 is 33.2 Å². The summed E-state index contributed by atoms with van der Waals surface area (Å²) in [5.74, 6) is 0.708. The van der Waals surface area contributed by atoms with Gasteiger partial charge in [-0.2, -0.15) is 10.2 Å². The molecule has 6 heterocycles. The van der Waals surface area contributed by atoms with Gasteiger partial charge in [0.2, 0.25) is 0 Å². The number of hydrogen-bond acceptors (Lipinski definition) is 9. The summed E-state index contributed by atoms with van der Waals surface area (Å²) in [5, 5.41) is 11.4. The molecule has 3 atom stereocenters. The van der Waals surface area contributed by atoms with E-state index in [4.69, 9.17) is 19.4 Å². The van der Waals surface area contributed by atoms with Crippen LogP contribution in [0.1, 0.15) is 45.8 Å². The van der Waals surface area contributed by atoms with Crippen LogP contribution in [-0.4, -0.2) is 73.4 Å². The fourth-order valence-corrected chi connectivity index (χ4v) is 8.93. The number of anilines is 2. The van der Waals surface area contributed by atoms with Crippen molar-refractivity contribution in [2.24, 2.45) is 14.1 Å². The van der Waals surface area contributed by atoms with Crippen LogP contribution >= 0.6 is 0 Å². The molecule has 10 rings (SSSR count). The lowest BCUT2D eigenvalue weighted by atomic mass is 9.96. The Morgan fingerprint density at radius 3 is 2.16 bits per heavy atom. The average Bonchev–Trinajstić information content (AvgIpc) is 3.91. The van der Waals surface area contributed by atoms with Gasteiger partial charge < -0.3 is 19.3 Å². The van der Waals surface area contributed by atoms with Gasteiger partial charge in [0, 0.05) is 97.5 Å². The fraction of sp³-hybridized carbons (Fsp3) is 0.286. The first-order chi connectivity index (χ1) is 30.0. The van der Waals surface area contributed by atoms with Gasteiger partial charge in [-0.3, -0.25) is 9.36 Å². The molecule has 314 valence electrons. The highest BCUT2D eigenvalue weighted by Crippen LogP contribution is 2.38. The largest absolute Gasteiger partial charge is 0.370 e. The number of benzene rings is 4. The Hall–Kier alpha value is -6.57. The number of nitrogens with zero attached hydrogens (tertiary/aromatic N) is 9. The molecule has 0 aliphatic carbocycles. The Bertz CT molecular complexity index is 2980. The van der Waals surface area contributed by atoms with E-state index in [9.17, 15) is 0 Å². The van der Waals surface area contributed by atoms with Gasteiger partial charge in [0.1, 0.15) is 35.5 Å². The van der Waals surface area contributed by atoms with Crippen LogP contribution in [0.25, 0.3) is 44.1 Å². The predicted octanol–water partition coefficient (Wildman–Crippen LogP) is 8.95. The maximum absolute atomic E-state index is 16.7. The van der Waals surface area contributed by atoms with Crippen molar-refractivity contribution in [3.05, 3.63) is 149 Å². The number of halogens is 2. The van der Waals surface area contributed by atoms with Crippen LogP contribution in [0.15, 0.2) is 104 Å². The molecule has 2 fully saturated rings. The minimum atomic E-state index is -0.343. The molecule has 4 aromatic carbocycles. The van der Waals surface area contributed by atoms with E-state index < -0.39 is 0 Å². The second kappa shape index (κ2) is 16.0. The maximum atomic E-state index is 16.7. The minimum Gasteiger partial charge on any atom is -0.370 e. The van der Waals surface area contributed by atoms with E-state index in [0.717, 1.165) is 66.6 Å². The zero-order chi connectivity index (χ0) is 42.6. The molecule has 4 aromatic heterocycles. The van der Waals surface area contributed by atoms with Crippen LogP contribution in [0, 0.1) is 32.4 Å². The molecule has 2 saturated heterocycles. The first kappa shape index (κ1) is 39.6. The molecule has 2 aliphatic heterocycles. The van der Waals surface area contributed by atoms with Gasteiger partial charge in [-0.05, 0) is 85.3 Å². The molecule has 0 spiro atoms. The predicted molar refractivity (Wildman–Crippen MR) is 237 cm³/mol. The monoisotopic (exact) mass is 831 g/mol. The number of morpholine rings is 2. The van der Waals surface area contributed by atoms with Crippen molar-refractivity contribution in [1.82, 2.24) is 34.5 Å². The van der Waals surface area contributed by atoms with Gasteiger partial charge in [-0.1, -0.05) is 35.9 Å².